The van der Waals surface area contributed by atoms with Gasteiger partial charge in [-0.3, -0.25) is 4.79 Å². The van der Waals surface area contributed by atoms with Crippen molar-refractivity contribution in [2.24, 2.45) is 0 Å². The van der Waals surface area contributed by atoms with Gasteiger partial charge in [0.15, 0.2) is 5.82 Å². The minimum Gasteiger partial charge on any atom is -0.491 e. The summed E-state index contributed by atoms with van der Waals surface area (Å²) in [5.74, 6) is -0.0735. The Morgan fingerprint density at radius 3 is 2.05 bits per heavy atom. The maximum Gasteiger partial charge on any atom is 0.326 e. The SMILES string of the molecule is CC(C)Oc1ccc(-c2cnc(-c3ccc(CC(NC(=O)c4ccc(C(C)(C)C)s4)C(=O)O)cc3)nc2)cc1. The zero-order chi connectivity index (χ0) is 28.2. The summed E-state index contributed by atoms with van der Waals surface area (Å²) in [6, 6.07) is 17.8. The number of nitrogens with zero attached hydrogens (tertiary/aromatic N) is 2. The molecule has 0 aliphatic carbocycles. The minimum absolute atomic E-state index is 0.0740. The molecule has 4 aromatic rings. The maximum absolute atomic E-state index is 12.7. The number of thiophene rings is 1. The molecule has 7 nitrogen and oxygen atoms in total. The lowest BCUT2D eigenvalue weighted by atomic mass is 9.95. The molecular formula is C31H33N3O4S. The highest BCUT2D eigenvalue weighted by atomic mass is 32.1. The van der Waals surface area contributed by atoms with Crippen molar-refractivity contribution in [1.82, 2.24) is 15.3 Å². The van der Waals surface area contributed by atoms with E-state index in [-0.39, 0.29) is 23.8 Å². The molecule has 0 bridgehead atoms. The first-order chi connectivity index (χ1) is 18.5. The number of ether oxygens (including phenoxy) is 1. The van der Waals surface area contributed by atoms with E-state index < -0.39 is 12.0 Å². The van der Waals surface area contributed by atoms with Crippen molar-refractivity contribution in [3.63, 3.8) is 0 Å². The molecule has 0 spiro atoms. The van der Waals surface area contributed by atoms with Crippen molar-refractivity contribution in [3.05, 3.63) is 88.4 Å². The van der Waals surface area contributed by atoms with E-state index >= 15 is 0 Å². The summed E-state index contributed by atoms with van der Waals surface area (Å²) in [5.41, 5.74) is 3.41. The van der Waals surface area contributed by atoms with E-state index in [4.69, 9.17) is 4.74 Å². The van der Waals surface area contributed by atoms with Crippen LogP contribution in [-0.2, 0) is 16.6 Å². The van der Waals surface area contributed by atoms with Crippen LogP contribution in [-0.4, -0.2) is 39.1 Å². The van der Waals surface area contributed by atoms with Crippen molar-refractivity contribution in [2.45, 2.75) is 58.6 Å². The molecule has 4 rings (SSSR count). The van der Waals surface area contributed by atoms with Crippen LogP contribution < -0.4 is 10.1 Å². The van der Waals surface area contributed by atoms with Crippen molar-refractivity contribution < 1.29 is 19.4 Å². The number of rotatable bonds is 9. The number of carbonyl (C=O) groups excluding carboxylic acids is 1. The maximum atomic E-state index is 12.7. The summed E-state index contributed by atoms with van der Waals surface area (Å²) in [4.78, 5) is 35.2. The highest BCUT2D eigenvalue weighted by molar-refractivity contribution is 7.14. The molecule has 0 radical (unpaired) electrons. The number of carboxylic acid groups (broad SMARTS) is 1. The molecule has 0 saturated heterocycles. The quantitative estimate of drug-likeness (QED) is 0.254. The fourth-order valence-electron chi connectivity index (χ4n) is 3.94. The second-order valence-corrected chi connectivity index (χ2v) is 11.7. The molecule has 0 fully saturated rings. The summed E-state index contributed by atoms with van der Waals surface area (Å²) in [6.07, 6.45) is 3.84. The minimum atomic E-state index is -1.08. The molecule has 2 N–H and O–H groups in total. The van der Waals surface area contributed by atoms with Gasteiger partial charge in [-0.05, 0) is 54.7 Å². The van der Waals surface area contributed by atoms with Crippen molar-refractivity contribution in [2.75, 3.05) is 0 Å². The first-order valence-electron chi connectivity index (χ1n) is 12.8. The first-order valence-corrected chi connectivity index (χ1v) is 13.6. The van der Waals surface area contributed by atoms with E-state index in [1.165, 1.54) is 11.3 Å². The summed E-state index contributed by atoms with van der Waals surface area (Å²) < 4.78 is 5.70. The molecule has 1 atom stereocenters. The van der Waals surface area contributed by atoms with Gasteiger partial charge in [0.1, 0.15) is 11.8 Å². The number of aromatic nitrogens is 2. The summed E-state index contributed by atoms with van der Waals surface area (Å²) >= 11 is 1.39. The van der Waals surface area contributed by atoms with Crippen LogP contribution in [0.25, 0.3) is 22.5 Å². The van der Waals surface area contributed by atoms with E-state index in [2.05, 4.69) is 36.1 Å². The number of carbonyl (C=O) groups is 2. The Kier molecular flexibility index (Phi) is 8.45. The van der Waals surface area contributed by atoms with Gasteiger partial charge in [0.2, 0.25) is 0 Å². The second kappa shape index (κ2) is 11.8. The number of carboxylic acids is 1. The highest BCUT2D eigenvalue weighted by Crippen LogP contribution is 2.29. The second-order valence-electron chi connectivity index (χ2n) is 10.7. The van der Waals surface area contributed by atoms with Gasteiger partial charge in [-0.1, -0.05) is 57.2 Å². The third kappa shape index (κ3) is 7.29. The van der Waals surface area contributed by atoms with Gasteiger partial charge < -0.3 is 15.2 Å². The van der Waals surface area contributed by atoms with E-state index in [0.717, 1.165) is 32.9 Å². The lowest BCUT2D eigenvalue weighted by Gasteiger charge is -2.16. The zero-order valence-electron chi connectivity index (χ0n) is 22.8. The lowest BCUT2D eigenvalue weighted by Crippen LogP contribution is -2.42. The predicted octanol–water partition coefficient (Wildman–Crippen LogP) is 6.38. The van der Waals surface area contributed by atoms with Gasteiger partial charge in [-0.2, -0.15) is 0 Å². The monoisotopic (exact) mass is 543 g/mol. The lowest BCUT2D eigenvalue weighted by molar-refractivity contribution is -0.139. The van der Waals surface area contributed by atoms with Crippen LogP contribution in [0.3, 0.4) is 0 Å². The van der Waals surface area contributed by atoms with Gasteiger partial charge in [0.25, 0.3) is 5.91 Å². The summed E-state index contributed by atoms with van der Waals surface area (Å²) in [6.45, 7) is 10.2. The van der Waals surface area contributed by atoms with Crippen molar-refractivity contribution in [1.29, 1.82) is 0 Å². The Hall–Kier alpha value is -4.04. The number of benzene rings is 2. The number of amides is 1. The smallest absolute Gasteiger partial charge is 0.326 e. The van der Waals surface area contributed by atoms with Gasteiger partial charge >= 0.3 is 5.97 Å². The van der Waals surface area contributed by atoms with Crippen LogP contribution in [0.15, 0.2) is 73.1 Å². The van der Waals surface area contributed by atoms with E-state index in [1.54, 1.807) is 18.5 Å². The largest absolute Gasteiger partial charge is 0.491 e. The van der Waals surface area contributed by atoms with E-state index in [9.17, 15) is 14.7 Å². The van der Waals surface area contributed by atoms with Gasteiger partial charge in [-0.15, -0.1) is 11.3 Å². The summed E-state index contributed by atoms with van der Waals surface area (Å²) in [5, 5.41) is 12.4. The third-order valence-corrected chi connectivity index (χ3v) is 7.55. The van der Waals surface area contributed by atoms with Crippen LogP contribution in [0.1, 0.15) is 54.7 Å². The fourth-order valence-corrected chi connectivity index (χ4v) is 4.91. The van der Waals surface area contributed by atoms with Crippen LogP contribution in [0.4, 0.5) is 0 Å². The standard InChI is InChI=1S/C31H33N3O4S/c1-19(2)38-24-12-10-21(11-13-24)23-17-32-28(33-18-23)22-8-6-20(7-9-22)16-25(30(36)37)34-29(35)26-14-15-27(39-26)31(3,4)5/h6-15,17-19,25H,16H2,1-5H3,(H,34,35)(H,36,37). The summed E-state index contributed by atoms with van der Waals surface area (Å²) in [7, 11) is 0. The molecule has 0 aliphatic heterocycles. The zero-order valence-corrected chi connectivity index (χ0v) is 23.6. The molecular weight excluding hydrogens is 510 g/mol. The van der Waals surface area contributed by atoms with Crippen molar-refractivity contribution >= 4 is 23.2 Å². The van der Waals surface area contributed by atoms with Crippen LogP contribution in [0, 0.1) is 0 Å². The van der Waals surface area contributed by atoms with Crippen LogP contribution in [0.5, 0.6) is 5.75 Å². The molecule has 2 aromatic carbocycles. The fraction of sp³-hybridized carbons (Fsp3) is 0.290. The number of hydrogen-bond acceptors (Lipinski definition) is 6. The van der Waals surface area contributed by atoms with Crippen molar-refractivity contribution in [3.8, 4) is 28.3 Å². The Morgan fingerprint density at radius 1 is 0.897 bits per heavy atom. The van der Waals surface area contributed by atoms with Crippen LogP contribution >= 0.6 is 11.3 Å². The normalized spacial score (nSPS) is 12.3. The average molecular weight is 544 g/mol. The number of aliphatic carboxylic acids is 1. The number of hydrogen-bond donors (Lipinski definition) is 2. The Morgan fingerprint density at radius 2 is 1.51 bits per heavy atom. The predicted molar refractivity (Wildman–Crippen MR) is 154 cm³/mol. The molecule has 0 saturated carbocycles. The third-order valence-electron chi connectivity index (χ3n) is 6.04. The number of nitrogens with one attached hydrogen (secondary N) is 1. The Bertz CT molecular complexity index is 1420. The average Bonchev–Trinajstić information content (AvgIpc) is 3.40. The van der Waals surface area contributed by atoms with Gasteiger partial charge in [0, 0.05) is 34.8 Å². The molecule has 8 heteroatoms. The highest BCUT2D eigenvalue weighted by Gasteiger charge is 2.24. The Labute approximate surface area is 232 Å². The molecule has 39 heavy (non-hydrogen) atoms. The first kappa shape index (κ1) is 28.0. The van der Waals surface area contributed by atoms with Gasteiger partial charge in [0.05, 0.1) is 11.0 Å². The van der Waals surface area contributed by atoms with Crippen LogP contribution in [0.2, 0.25) is 0 Å². The van der Waals surface area contributed by atoms with Gasteiger partial charge in [-0.25, -0.2) is 14.8 Å². The molecule has 1 unspecified atom stereocenters. The molecule has 0 aliphatic rings. The van der Waals surface area contributed by atoms with E-state index in [1.807, 2.05) is 68.4 Å². The Balaban J connectivity index is 1.40. The molecule has 202 valence electrons. The van der Waals surface area contributed by atoms with E-state index in [0.29, 0.717) is 10.7 Å². The topological polar surface area (TPSA) is 101 Å². The molecule has 1 amide bonds. The molecule has 2 heterocycles. The molecule has 2 aromatic heterocycles.